The Labute approximate surface area is 124 Å². The second-order valence-corrected chi connectivity index (χ2v) is 6.48. The number of amides is 1. The zero-order valence-corrected chi connectivity index (χ0v) is 13.2. The minimum atomic E-state index is -0.788. The minimum Gasteiger partial charge on any atom is -0.415 e. The summed E-state index contributed by atoms with van der Waals surface area (Å²) in [5.74, 6) is 0.281. The maximum absolute atomic E-state index is 12.4. The van der Waals surface area contributed by atoms with Gasteiger partial charge in [0, 0.05) is 19.0 Å². The van der Waals surface area contributed by atoms with E-state index in [1.807, 2.05) is 19.0 Å². The van der Waals surface area contributed by atoms with E-state index < -0.39 is 5.60 Å². The average molecular weight is 296 g/mol. The summed E-state index contributed by atoms with van der Waals surface area (Å²) in [7, 11) is 3.79. The number of aliphatic hydroxyl groups is 1. The summed E-state index contributed by atoms with van der Waals surface area (Å²) >= 11 is 0. The molecule has 0 radical (unpaired) electrons. The van der Waals surface area contributed by atoms with Crippen molar-refractivity contribution in [3.63, 3.8) is 0 Å². The number of nitrogens with zero attached hydrogens (tertiary/aromatic N) is 4. The molecule has 1 amide bonds. The van der Waals surface area contributed by atoms with E-state index in [1.54, 1.807) is 18.7 Å². The molecule has 7 nitrogen and oxygen atoms in total. The third kappa shape index (κ3) is 4.01. The van der Waals surface area contributed by atoms with Gasteiger partial charge in [-0.05, 0) is 40.8 Å². The van der Waals surface area contributed by atoms with Crippen LogP contribution in [0.4, 0.5) is 0 Å². The van der Waals surface area contributed by atoms with Gasteiger partial charge in [-0.2, -0.15) is 0 Å². The predicted octanol–water partition coefficient (Wildman–Crippen LogP) is 0.754. The van der Waals surface area contributed by atoms with E-state index in [-0.39, 0.29) is 17.7 Å². The second-order valence-electron chi connectivity index (χ2n) is 6.48. The number of carbonyl (C=O) groups is 1. The molecule has 1 fully saturated rings. The number of hydrogen-bond acceptors (Lipinski definition) is 6. The fraction of sp³-hybridized carbons (Fsp3) is 0.786. The number of carbonyl (C=O) groups excluding carboxylic acids is 1. The van der Waals surface area contributed by atoms with Crippen LogP contribution >= 0.6 is 0 Å². The van der Waals surface area contributed by atoms with Gasteiger partial charge >= 0.3 is 11.8 Å². The Morgan fingerprint density at radius 1 is 1.48 bits per heavy atom. The van der Waals surface area contributed by atoms with E-state index in [9.17, 15) is 9.90 Å². The molecule has 7 heteroatoms. The number of likely N-dealkylation sites (tertiary alicyclic amines) is 1. The highest BCUT2D eigenvalue weighted by Gasteiger charge is 2.34. The Bertz CT molecular complexity index is 493. The normalized spacial score (nSPS) is 20.1. The van der Waals surface area contributed by atoms with Crippen molar-refractivity contribution < 1.29 is 14.3 Å². The fourth-order valence-corrected chi connectivity index (χ4v) is 2.55. The zero-order chi connectivity index (χ0) is 15.6. The van der Waals surface area contributed by atoms with E-state index in [2.05, 4.69) is 10.2 Å². The van der Waals surface area contributed by atoms with Gasteiger partial charge in [0.2, 0.25) is 5.89 Å². The molecule has 0 saturated carbocycles. The predicted molar refractivity (Wildman–Crippen MR) is 76.6 cm³/mol. The maximum Gasteiger partial charge on any atom is 0.311 e. The first-order chi connectivity index (χ1) is 9.77. The monoisotopic (exact) mass is 296 g/mol. The van der Waals surface area contributed by atoms with Gasteiger partial charge in [-0.15, -0.1) is 10.2 Å². The average Bonchev–Trinajstić information content (AvgIpc) is 2.84. The molecule has 1 aromatic heterocycles. The fourth-order valence-electron chi connectivity index (χ4n) is 2.55. The van der Waals surface area contributed by atoms with Gasteiger partial charge in [-0.25, -0.2) is 0 Å². The van der Waals surface area contributed by atoms with Crippen molar-refractivity contribution in [1.82, 2.24) is 20.0 Å². The molecule has 118 valence electrons. The molecule has 2 heterocycles. The molecule has 1 N–H and O–H groups in total. The Balaban J connectivity index is 2.04. The molecular formula is C14H24N4O3. The van der Waals surface area contributed by atoms with Gasteiger partial charge in [0.15, 0.2) is 0 Å². The highest BCUT2D eigenvalue weighted by molar-refractivity contribution is 5.89. The van der Waals surface area contributed by atoms with E-state index in [0.29, 0.717) is 25.5 Å². The SMILES string of the molecule is CN(C)Cc1nnc(C(=O)N2CCCC(C(C)(C)O)C2)o1. The van der Waals surface area contributed by atoms with E-state index in [4.69, 9.17) is 4.42 Å². The van der Waals surface area contributed by atoms with Crippen molar-refractivity contribution in [3.8, 4) is 0 Å². The molecule has 1 aliphatic rings. The van der Waals surface area contributed by atoms with Gasteiger partial charge in [0.1, 0.15) is 0 Å². The Hall–Kier alpha value is -1.47. The summed E-state index contributed by atoms with van der Waals surface area (Å²) < 4.78 is 5.41. The van der Waals surface area contributed by atoms with Crippen LogP contribution in [0.5, 0.6) is 0 Å². The smallest absolute Gasteiger partial charge is 0.311 e. The molecule has 21 heavy (non-hydrogen) atoms. The van der Waals surface area contributed by atoms with Crippen LogP contribution in [-0.2, 0) is 6.54 Å². The van der Waals surface area contributed by atoms with Crippen molar-refractivity contribution in [3.05, 3.63) is 11.8 Å². The van der Waals surface area contributed by atoms with Crippen molar-refractivity contribution in [2.75, 3.05) is 27.2 Å². The van der Waals surface area contributed by atoms with Gasteiger partial charge in [-0.1, -0.05) is 0 Å². The lowest BCUT2D eigenvalue weighted by atomic mass is 9.84. The van der Waals surface area contributed by atoms with Crippen LogP contribution in [-0.4, -0.2) is 63.8 Å². The molecule has 1 atom stereocenters. The Kier molecular flexibility index (Phi) is 4.63. The molecular weight excluding hydrogens is 272 g/mol. The Morgan fingerprint density at radius 2 is 2.19 bits per heavy atom. The third-order valence-corrected chi connectivity index (χ3v) is 3.81. The van der Waals surface area contributed by atoms with Crippen molar-refractivity contribution in [2.45, 2.75) is 38.8 Å². The first-order valence-corrected chi connectivity index (χ1v) is 7.26. The van der Waals surface area contributed by atoms with Crippen LogP contribution in [0.2, 0.25) is 0 Å². The van der Waals surface area contributed by atoms with Crippen molar-refractivity contribution >= 4 is 5.91 Å². The topological polar surface area (TPSA) is 82.7 Å². The molecule has 1 saturated heterocycles. The van der Waals surface area contributed by atoms with Gasteiger partial charge in [0.25, 0.3) is 0 Å². The lowest BCUT2D eigenvalue weighted by Crippen LogP contribution is -2.47. The summed E-state index contributed by atoms with van der Waals surface area (Å²) in [5, 5.41) is 17.8. The standard InChI is InChI=1S/C14H24N4O3/c1-14(2,20)10-6-5-7-18(8-10)13(19)12-16-15-11(21-12)9-17(3)4/h10,20H,5-9H2,1-4H3. The summed E-state index contributed by atoms with van der Waals surface area (Å²) in [6, 6.07) is 0. The summed E-state index contributed by atoms with van der Waals surface area (Å²) in [5.41, 5.74) is -0.788. The summed E-state index contributed by atoms with van der Waals surface area (Å²) in [6.07, 6.45) is 1.79. The van der Waals surface area contributed by atoms with Gasteiger partial charge in [-0.3, -0.25) is 4.79 Å². The largest absolute Gasteiger partial charge is 0.415 e. The minimum absolute atomic E-state index is 0.0308. The molecule has 2 rings (SSSR count). The highest BCUT2D eigenvalue weighted by atomic mass is 16.4. The van der Waals surface area contributed by atoms with Crippen LogP contribution in [0.25, 0.3) is 0 Å². The lowest BCUT2D eigenvalue weighted by molar-refractivity contribution is -0.0154. The summed E-state index contributed by atoms with van der Waals surface area (Å²) in [6.45, 7) is 5.26. The highest BCUT2D eigenvalue weighted by Crippen LogP contribution is 2.27. The van der Waals surface area contributed by atoms with Crippen LogP contribution in [0, 0.1) is 5.92 Å². The number of piperidine rings is 1. The van der Waals surface area contributed by atoms with E-state index in [1.165, 1.54) is 0 Å². The summed E-state index contributed by atoms with van der Waals surface area (Å²) in [4.78, 5) is 16.0. The maximum atomic E-state index is 12.4. The first kappa shape index (κ1) is 15.9. The van der Waals surface area contributed by atoms with E-state index >= 15 is 0 Å². The zero-order valence-electron chi connectivity index (χ0n) is 13.2. The van der Waals surface area contributed by atoms with Crippen molar-refractivity contribution in [1.29, 1.82) is 0 Å². The Morgan fingerprint density at radius 3 is 2.81 bits per heavy atom. The number of hydrogen-bond donors (Lipinski definition) is 1. The molecule has 0 spiro atoms. The van der Waals surface area contributed by atoms with Crippen LogP contribution < -0.4 is 0 Å². The van der Waals surface area contributed by atoms with Gasteiger partial charge < -0.3 is 19.3 Å². The lowest BCUT2D eigenvalue weighted by Gasteiger charge is -2.38. The quantitative estimate of drug-likeness (QED) is 0.883. The number of aromatic nitrogens is 2. The van der Waals surface area contributed by atoms with E-state index in [0.717, 1.165) is 12.8 Å². The second kappa shape index (κ2) is 6.11. The number of rotatable bonds is 4. The first-order valence-electron chi connectivity index (χ1n) is 7.26. The van der Waals surface area contributed by atoms with Crippen LogP contribution in [0.15, 0.2) is 4.42 Å². The van der Waals surface area contributed by atoms with Gasteiger partial charge in [0.05, 0.1) is 12.1 Å². The van der Waals surface area contributed by atoms with Crippen LogP contribution in [0.1, 0.15) is 43.3 Å². The molecule has 1 unspecified atom stereocenters. The molecule has 0 bridgehead atoms. The molecule has 0 aromatic carbocycles. The van der Waals surface area contributed by atoms with Crippen LogP contribution in [0.3, 0.4) is 0 Å². The third-order valence-electron chi connectivity index (χ3n) is 3.81. The molecule has 0 aliphatic carbocycles. The molecule has 1 aromatic rings. The molecule has 1 aliphatic heterocycles. The van der Waals surface area contributed by atoms with Crippen molar-refractivity contribution in [2.24, 2.45) is 5.92 Å².